The average Bonchev–Trinajstić information content (AvgIpc) is 2.99. The number of aromatic nitrogens is 1. The Labute approximate surface area is 155 Å². The number of benzene rings is 2. The minimum Gasteiger partial charge on any atom is -0.312 e. The molecule has 3 aromatic rings. The Balaban J connectivity index is 2.02. The fourth-order valence-electron chi connectivity index (χ4n) is 2.53. The molecule has 3 rings (SSSR count). The molecule has 0 aliphatic carbocycles. The standard InChI is InChI=1S/C19H18N2O3S2/c1-3-13-21-16-7-5-6-8-17(16)25-19(21)20-18(22)14-9-11-15(12-10-14)26(23,24)4-2/h3,5-12H,1,4,13H2,2H3. The first kappa shape index (κ1) is 18.3. The van der Waals surface area contributed by atoms with E-state index in [2.05, 4.69) is 11.6 Å². The summed E-state index contributed by atoms with van der Waals surface area (Å²) < 4.78 is 26.7. The highest BCUT2D eigenvalue weighted by atomic mass is 32.2. The van der Waals surface area contributed by atoms with Crippen molar-refractivity contribution in [3.63, 3.8) is 0 Å². The molecule has 7 heteroatoms. The van der Waals surface area contributed by atoms with Crippen LogP contribution in [-0.4, -0.2) is 24.6 Å². The topological polar surface area (TPSA) is 68.5 Å². The third kappa shape index (κ3) is 3.54. The van der Waals surface area contributed by atoms with Crippen molar-refractivity contribution >= 4 is 37.3 Å². The number of rotatable bonds is 5. The van der Waals surface area contributed by atoms with Crippen LogP contribution >= 0.6 is 11.3 Å². The van der Waals surface area contributed by atoms with Gasteiger partial charge in [-0.3, -0.25) is 4.79 Å². The molecule has 0 aliphatic rings. The first-order chi connectivity index (χ1) is 12.5. The number of thiazole rings is 1. The Bertz CT molecular complexity index is 1140. The minimum atomic E-state index is -3.29. The molecular weight excluding hydrogens is 368 g/mol. The maximum atomic E-state index is 12.5. The molecule has 1 amide bonds. The van der Waals surface area contributed by atoms with Crippen LogP contribution in [0.4, 0.5) is 0 Å². The van der Waals surface area contributed by atoms with Crippen molar-refractivity contribution in [1.82, 2.24) is 4.57 Å². The third-order valence-electron chi connectivity index (χ3n) is 3.94. The van der Waals surface area contributed by atoms with Gasteiger partial charge in [0.2, 0.25) is 0 Å². The van der Waals surface area contributed by atoms with Gasteiger partial charge in [0.05, 0.1) is 20.9 Å². The van der Waals surface area contributed by atoms with Crippen LogP contribution in [0.25, 0.3) is 10.2 Å². The highest BCUT2D eigenvalue weighted by Gasteiger charge is 2.13. The molecule has 1 heterocycles. The molecule has 5 nitrogen and oxygen atoms in total. The van der Waals surface area contributed by atoms with E-state index in [1.165, 1.54) is 35.6 Å². The molecule has 0 N–H and O–H groups in total. The Kier molecular flexibility index (Phi) is 5.20. The third-order valence-corrected chi connectivity index (χ3v) is 6.75. The predicted molar refractivity (Wildman–Crippen MR) is 104 cm³/mol. The molecule has 0 atom stereocenters. The number of carbonyl (C=O) groups excluding carboxylic acids is 1. The lowest BCUT2D eigenvalue weighted by atomic mass is 10.2. The van der Waals surface area contributed by atoms with Crippen LogP contribution in [-0.2, 0) is 16.4 Å². The van der Waals surface area contributed by atoms with Gasteiger partial charge in [0.25, 0.3) is 5.91 Å². The van der Waals surface area contributed by atoms with Crippen LogP contribution in [0.1, 0.15) is 17.3 Å². The fraction of sp³-hybridized carbons (Fsp3) is 0.158. The summed E-state index contributed by atoms with van der Waals surface area (Å²) in [5.41, 5.74) is 1.34. The van der Waals surface area contributed by atoms with Crippen LogP contribution in [0.3, 0.4) is 0 Å². The van der Waals surface area contributed by atoms with Crippen LogP contribution in [0, 0.1) is 0 Å². The summed E-state index contributed by atoms with van der Waals surface area (Å²) >= 11 is 1.43. The van der Waals surface area contributed by atoms with E-state index in [9.17, 15) is 13.2 Å². The number of carbonyl (C=O) groups is 1. The minimum absolute atomic E-state index is 0.0218. The molecule has 0 spiro atoms. The summed E-state index contributed by atoms with van der Waals surface area (Å²) in [6, 6.07) is 13.7. The van der Waals surface area contributed by atoms with Crippen molar-refractivity contribution < 1.29 is 13.2 Å². The second-order valence-corrected chi connectivity index (χ2v) is 8.88. The second-order valence-electron chi connectivity index (χ2n) is 5.60. The van der Waals surface area contributed by atoms with Crippen molar-refractivity contribution in [2.45, 2.75) is 18.4 Å². The molecule has 0 radical (unpaired) electrons. The van der Waals surface area contributed by atoms with E-state index in [0.717, 1.165) is 10.2 Å². The molecule has 2 aromatic carbocycles. The molecule has 1 aromatic heterocycles. The lowest BCUT2D eigenvalue weighted by Crippen LogP contribution is -2.16. The average molecular weight is 386 g/mol. The van der Waals surface area contributed by atoms with Crippen molar-refractivity contribution in [3.8, 4) is 0 Å². The van der Waals surface area contributed by atoms with Crippen LogP contribution in [0.5, 0.6) is 0 Å². The molecule has 0 unspecified atom stereocenters. The monoisotopic (exact) mass is 386 g/mol. The van der Waals surface area contributed by atoms with E-state index in [1.807, 2.05) is 28.8 Å². The summed E-state index contributed by atoms with van der Waals surface area (Å²) in [5, 5.41) is 0. The van der Waals surface area contributed by atoms with Gasteiger partial charge in [-0.2, -0.15) is 4.99 Å². The second kappa shape index (κ2) is 7.39. The van der Waals surface area contributed by atoms with Gasteiger partial charge in [-0.25, -0.2) is 8.42 Å². The zero-order valence-electron chi connectivity index (χ0n) is 14.3. The normalized spacial score (nSPS) is 12.4. The smallest absolute Gasteiger partial charge is 0.279 e. The van der Waals surface area contributed by atoms with Gasteiger partial charge in [-0.1, -0.05) is 36.5 Å². The van der Waals surface area contributed by atoms with E-state index >= 15 is 0 Å². The Morgan fingerprint density at radius 3 is 2.54 bits per heavy atom. The van der Waals surface area contributed by atoms with E-state index in [-0.39, 0.29) is 10.6 Å². The van der Waals surface area contributed by atoms with Gasteiger partial charge in [-0.15, -0.1) is 6.58 Å². The highest BCUT2D eigenvalue weighted by Crippen LogP contribution is 2.17. The molecule has 26 heavy (non-hydrogen) atoms. The number of fused-ring (bicyclic) bond motifs is 1. The van der Waals surface area contributed by atoms with Gasteiger partial charge in [0.1, 0.15) is 0 Å². The van der Waals surface area contributed by atoms with Crippen molar-refractivity contribution in [1.29, 1.82) is 0 Å². The Morgan fingerprint density at radius 2 is 1.88 bits per heavy atom. The van der Waals surface area contributed by atoms with Crippen LogP contribution in [0.15, 0.2) is 71.1 Å². The van der Waals surface area contributed by atoms with Crippen molar-refractivity contribution in [2.75, 3.05) is 5.75 Å². The Morgan fingerprint density at radius 1 is 1.19 bits per heavy atom. The zero-order valence-corrected chi connectivity index (χ0v) is 15.9. The molecule has 0 aliphatic heterocycles. The first-order valence-corrected chi connectivity index (χ1v) is 10.5. The number of amides is 1. The van der Waals surface area contributed by atoms with Crippen LogP contribution in [0.2, 0.25) is 0 Å². The molecule has 0 fully saturated rings. The summed E-state index contributed by atoms with van der Waals surface area (Å²) in [6.45, 7) is 5.89. The lowest BCUT2D eigenvalue weighted by molar-refractivity contribution is 0.0998. The number of para-hydroxylation sites is 1. The summed E-state index contributed by atoms with van der Waals surface area (Å²) in [6.07, 6.45) is 1.76. The summed E-state index contributed by atoms with van der Waals surface area (Å²) in [5.74, 6) is -0.386. The van der Waals surface area contributed by atoms with Gasteiger partial charge < -0.3 is 4.57 Å². The molecular formula is C19H18N2O3S2. The number of nitrogens with zero attached hydrogens (tertiary/aromatic N) is 2. The van der Waals surface area contributed by atoms with Gasteiger partial charge in [-0.05, 0) is 36.4 Å². The largest absolute Gasteiger partial charge is 0.312 e. The molecule has 0 bridgehead atoms. The van der Waals surface area contributed by atoms with Crippen molar-refractivity contribution in [3.05, 3.63) is 71.6 Å². The maximum Gasteiger partial charge on any atom is 0.279 e. The molecule has 0 saturated heterocycles. The van der Waals surface area contributed by atoms with Crippen molar-refractivity contribution in [2.24, 2.45) is 4.99 Å². The van der Waals surface area contributed by atoms with Crippen LogP contribution < -0.4 is 4.80 Å². The predicted octanol–water partition coefficient (Wildman–Crippen LogP) is 3.42. The zero-order chi connectivity index (χ0) is 18.7. The van der Waals surface area contributed by atoms with Gasteiger partial charge in [0.15, 0.2) is 14.6 Å². The quantitative estimate of drug-likeness (QED) is 0.631. The molecule has 0 saturated carbocycles. The number of sulfone groups is 1. The lowest BCUT2D eigenvalue weighted by Gasteiger charge is -2.02. The van der Waals surface area contributed by atoms with Gasteiger partial charge in [0, 0.05) is 12.1 Å². The van der Waals surface area contributed by atoms with E-state index in [4.69, 9.17) is 0 Å². The summed E-state index contributed by atoms with van der Waals surface area (Å²) in [7, 11) is -3.29. The van der Waals surface area contributed by atoms with Gasteiger partial charge >= 0.3 is 0 Å². The maximum absolute atomic E-state index is 12.5. The molecule has 134 valence electrons. The highest BCUT2D eigenvalue weighted by molar-refractivity contribution is 7.91. The SMILES string of the molecule is C=CCn1c(=NC(=O)c2ccc(S(=O)(=O)CC)cc2)sc2ccccc21. The first-order valence-electron chi connectivity index (χ1n) is 8.07. The summed E-state index contributed by atoms with van der Waals surface area (Å²) in [4.78, 5) is 17.6. The fourth-order valence-corrected chi connectivity index (χ4v) is 4.46. The van der Waals surface area contributed by atoms with E-state index < -0.39 is 15.7 Å². The number of allylic oxidation sites excluding steroid dienone is 1. The number of hydrogen-bond acceptors (Lipinski definition) is 4. The Hall–Kier alpha value is -2.51. The number of hydrogen-bond donors (Lipinski definition) is 0. The van der Waals surface area contributed by atoms with E-state index in [1.54, 1.807) is 13.0 Å². The van der Waals surface area contributed by atoms with E-state index in [0.29, 0.717) is 16.9 Å².